The van der Waals surface area contributed by atoms with E-state index in [1.807, 2.05) is 24.3 Å². The summed E-state index contributed by atoms with van der Waals surface area (Å²) in [5.41, 5.74) is 1.78. The predicted octanol–water partition coefficient (Wildman–Crippen LogP) is 3.20. The minimum absolute atomic E-state index is 0.0535. The number of amides is 1. The highest BCUT2D eigenvalue weighted by Gasteiger charge is 2.14. The first-order chi connectivity index (χ1) is 9.29. The van der Waals surface area contributed by atoms with Crippen LogP contribution in [0.1, 0.15) is 36.0 Å². The molecule has 3 heteroatoms. The zero-order valence-corrected chi connectivity index (χ0v) is 11.3. The van der Waals surface area contributed by atoms with Crippen molar-refractivity contribution in [3.8, 4) is 0 Å². The maximum Gasteiger partial charge on any atom is 0.251 e. The van der Waals surface area contributed by atoms with Crippen LogP contribution < -0.4 is 10.6 Å². The zero-order valence-electron chi connectivity index (χ0n) is 11.3. The van der Waals surface area contributed by atoms with E-state index in [2.05, 4.69) is 17.2 Å². The average Bonchev–Trinajstić information content (AvgIpc) is 2.96. The molecular weight excluding hydrogens is 236 g/mol. The molecule has 0 aromatic heterocycles. The summed E-state index contributed by atoms with van der Waals surface area (Å²) in [5, 5.41) is 6.22. The van der Waals surface area contributed by atoms with Gasteiger partial charge in [-0.1, -0.05) is 18.9 Å². The summed E-state index contributed by atoms with van der Waals surface area (Å²) in [6.07, 6.45) is 7.10. The van der Waals surface area contributed by atoms with E-state index in [4.69, 9.17) is 0 Å². The molecule has 0 saturated heterocycles. The molecule has 19 heavy (non-hydrogen) atoms. The molecule has 0 heterocycles. The largest absolute Gasteiger partial charge is 0.385 e. The van der Waals surface area contributed by atoms with E-state index < -0.39 is 0 Å². The van der Waals surface area contributed by atoms with Crippen LogP contribution in [0.15, 0.2) is 36.9 Å². The molecule has 1 aliphatic carbocycles. The first-order valence-corrected chi connectivity index (χ1v) is 7.02. The van der Waals surface area contributed by atoms with Crippen LogP contribution in [0.4, 0.5) is 5.69 Å². The van der Waals surface area contributed by atoms with E-state index in [0.717, 1.165) is 18.2 Å². The predicted molar refractivity (Wildman–Crippen MR) is 79.4 cm³/mol. The van der Waals surface area contributed by atoms with Crippen molar-refractivity contribution in [2.75, 3.05) is 18.4 Å². The molecule has 102 valence electrons. The number of carbonyl (C=O) groups excluding carboxylic acids is 1. The van der Waals surface area contributed by atoms with Crippen molar-refractivity contribution in [1.29, 1.82) is 0 Å². The van der Waals surface area contributed by atoms with Gasteiger partial charge >= 0.3 is 0 Å². The summed E-state index contributed by atoms with van der Waals surface area (Å²) >= 11 is 0. The van der Waals surface area contributed by atoms with Crippen LogP contribution in [0.25, 0.3) is 0 Å². The second kappa shape index (κ2) is 6.98. The minimum Gasteiger partial charge on any atom is -0.385 e. The van der Waals surface area contributed by atoms with Crippen molar-refractivity contribution >= 4 is 11.6 Å². The molecule has 2 rings (SSSR count). The van der Waals surface area contributed by atoms with Gasteiger partial charge < -0.3 is 10.6 Å². The fourth-order valence-electron chi connectivity index (χ4n) is 2.48. The highest BCUT2D eigenvalue weighted by Crippen LogP contribution is 2.24. The highest BCUT2D eigenvalue weighted by molar-refractivity contribution is 5.94. The summed E-state index contributed by atoms with van der Waals surface area (Å²) in [6.45, 7) is 5.12. The van der Waals surface area contributed by atoms with Crippen molar-refractivity contribution < 1.29 is 4.79 Å². The molecule has 0 unspecified atom stereocenters. The van der Waals surface area contributed by atoms with Gasteiger partial charge in [0.1, 0.15) is 0 Å². The fraction of sp³-hybridized carbons (Fsp3) is 0.438. The Kier molecular flexibility index (Phi) is 5.01. The number of hydrogen-bond acceptors (Lipinski definition) is 2. The second-order valence-electron chi connectivity index (χ2n) is 5.11. The van der Waals surface area contributed by atoms with Crippen molar-refractivity contribution in [2.24, 2.45) is 5.92 Å². The third kappa shape index (κ3) is 4.12. The molecule has 1 aromatic rings. The number of hydrogen-bond donors (Lipinski definition) is 2. The molecule has 0 spiro atoms. The lowest BCUT2D eigenvalue weighted by molar-refractivity contribution is 0.0958. The number of nitrogens with one attached hydrogen (secondary N) is 2. The van der Waals surface area contributed by atoms with Crippen LogP contribution in [0, 0.1) is 5.92 Å². The highest BCUT2D eigenvalue weighted by atomic mass is 16.1. The lowest BCUT2D eigenvalue weighted by atomic mass is 10.1. The second-order valence-corrected chi connectivity index (χ2v) is 5.11. The Hall–Kier alpha value is -1.77. The Balaban J connectivity index is 1.83. The Morgan fingerprint density at radius 2 is 1.95 bits per heavy atom. The molecule has 1 amide bonds. The monoisotopic (exact) mass is 258 g/mol. The van der Waals surface area contributed by atoms with Gasteiger partial charge in [-0.25, -0.2) is 0 Å². The van der Waals surface area contributed by atoms with Crippen molar-refractivity contribution in [1.82, 2.24) is 5.32 Å². The van der Waals surface area contributed by atoms with E-state index in [-0.39, 0.29) is 5.91 Å². The molecule has 1 fully saturated rings. The van der Waals surface area contributed by atoms with E-state index in [1.165, 1.54) is 25.7 Å². The van der Waals surface area contributed by atoms with Crippen LogP contribution in [0.5, 0.6) is 0 Å². The molecule has 0 radical (unpaired) electrons. The minimum atomic E-state index is -0.0535. The summed E-state index contributed by atoms with van der Waals surface area (Å²) in [4.78, 5) is 11.7. The van der Waals surface area contributed by atoms with Gasteiger partial charge in [0.05, 0.1) is 0 Å². The summed E-state index contributed by atoms with van der Waals surface area (Å²) < 4.78 is 0. The van der Waals surface area contributed by atoms with Gasteiger partial charge in [-0.2, -0.15) is 0 Å². The first-order valence-electron chi connectivity index (χ1n) is 7.02. The van der Waals surface area contributed by atoms with Gasteiger partial charge in [0.25, 0.3) is 5.91 Å². The van der Waals surface area contributed by atoms with Crippen molar-refractivity contribution in [2.45, 2.75) is 25.7 Å². The lowest BCUT2D eigenvalue weighted by Gasteiger charge is -2.12. The zero-order chi connectivity index (χ0) is 13.5. The quantitative estimate of drug-likeness (QED) is 0.769. The van der Waals surface area contributed by atoms with Crippen LogP contribution in [0.2, 0.25) is 0 Å². The van der Waals surface area contributed by atoms with Gasteiger partial charge in [0, 0.05) is 24.3 Å². The first kappa shape index (κ1) is 13.7. The van der Waals surface area contributed by atoms with Crippen LogP contribution in [0.3, 0.4) is 0 Å². The van der Waals surface area contributed by atoms with Crippen molar-refractivity contribution in [3.63, 3.8) is 0 Å². The molecule has 0 bridgehead atoms. The van der Waals surface area contributed by atoms with Gasteiger partial charge in [-0.05, 0) is 43.0 Å². The Morgan fingerprint density at radius 3 is 2.58 bits per heavy atom. The SMILES string of the molecule is C=CCNC(=O)c1ccc(NCC2CCCC2)cc1. The summed E-state index contributed by atoms with van der Waals surface area (Å²) in [6, 6.07) is 7.65. The van der Waals surface area contributed by atoms with Gasteiger partial charge in [0.2, 0.25) is 0 Å². The van der Waals surface area contributed by atoms with Crippen molar-refractivity contribution in [3.05, 3.63) is 42.5 Å². The standard InChI is InChI=1S/C16H22N2O/c1-2-11-17-16(19)14-7-9-15(10-8-14)18-12-13-5-3-4-6-13/h2,7-10,13,18H,1,3-6,11-12H2,(H,17,19). The smallest absolute Gasteiger partial charge is 0.251 e. The van der Waals surface area contributed by atoms with Gasteiger partial charge in [-0.3, -0.25) is 4.79 Å². The lowest BCUT2D eigenvalue weighted by Crippen LogP contribution is -2.23. The maximum absolute atomic E-state index is 11.7. The van der Waals surface area contributed by atoms with Gasteiger partial charge in [-0.15, -0.1) is 6.58 Å². The molecule has 3 nitrogen and oxygen atoms in total. The van der Waals surface area contributed by atoms with E-state index in [0.29, 0.717) is 12.1 Å². The molecule has 0 aliphatic heterocycles. The summed E-state index contributed by atoms with van der Waals surface area (Å²) in [7, 11) is 0. The Morgan fingerprint density at radius 1 is 1.26 bits per heavy atom. The van der Waals surface area contributed by atoms with Crippen LogP contribution >= 0.6 is 0 Å². The van der Waals surface area contributed by atoms with E-state index in [9.17, 15) is 4.79 Å². The number of carbonyl (C=O) groups is 1. The third-order valence-corrected chi connectivity index (χ3v) is 3.62. The van der Waals surface area contributed by atoms with E-state index in [1.54, 1.807) is 6.08 Å². The van der Waals surface area contributed by atoms with Crippen LogP contribution in [-0.2, 0) is 0 Å². The number of anilines is 1. The molecule has 1 saturated carbocycles. The van der Waals surface area contributed by atoms with E-state index >= 15 is 0 Å². The Labute approximate surface area is 115 Å². The Bertz CT molecular complexity index is 419. The topological polar surface area (TPSA) is 41.1 Å². The van der Waals surface area contributed by atoms with Crippen LogP contribution in [-0.4, -0.2) is 19.0 Å². The number of benzene rings is 1. The molecule has 0 atom stereocenters. The molecule has 1 aliphatic rings. The third-order valence-electron chi connectivity index (χ3n) is 3.62. The fourth-order valence-corrected chi connectivity index (χ4v) is 2.48. The summed E-state index contributed by atoms with van der Waals surface area (Å²) in [5.74, 6) is 0.762. The normalized spacial score (nSPS) is 15.2. The number of rotatable bonds is 6. The maximum atomic E-state index is 11.7. The molecule has 2 N–H and O–H groups in total. The van der Waals surface area contributed by atoms with Gasteiger partial charge in [0.15, 0.2) is 0 Å². The molecular formula is C16H22N2O. The average molecular weight is 258 g/mol. The molecule has 1 aromatic carbocycles.